The molecule has 0 aromatic rings. The van der Waals surface area contributed by atoms with Crippen molar-refractivity contribution in [2.75, 3.05) is 6.54 Å². The van der Waals surface area contributed by atoms with E-state index in [9.17, 15) is 13.2 Å². The molecule has 0 radical (unpaired) electrons. The molecule has 2 atom stereocenters. The summed E-state index contributed by atoms with van der Waals surface area (Å²) in [6.07, 6.45) is -5.96. The first-order valence-corrected chi connectivity index (χ1v) is 4.21. The zero-order chi connectivity index (χ0) is 10.3. The first-order valence-electron chi connectivity index (χ1n) is 4.21. The van der Waals surface area contributed by atoms with Gasteiger partial charge in [-0.2, -0.15) is 13.2 Å². The summed E-state index contributed by atoms with van der Waals surface area (Å²) in [7, 11) is 0. The number of ether oxygens (including phenoxy) is 1. The van der Waals surface area contributed by atoms with Crippen molar-refractivity contribution in [3.8, 4) is 0 Å². The van der Waals surface area contributed by atoms with Gasteiger partial charge in [0.1, 0.15) is 0 Å². The number of hydrogen-bond acceptors (Lipinski definition) is 2. The third kappa shape index (κ3) is 2.34. The van der Waals surface area contributed by atoms with Crippen LogP contribution in [0.15, 0.2) is 0 Å². The summed E-state index contributed by atoms with van der Waals surface area (Å²) in [4.78, 5) is 0. The molecule has 1 saturated heterocycles. The molecule has 2 nitrogen and oxygen atoms in total. The average Bonchev–Trinajstić information content (AvgIpc) is 1.92. The molecule has 2 unspecified atom stereocenters. The van der Waals surface area contributed by atoms with E-state index in [1.807, 2.05) is 6.92 Å². The molecule has 1 heterocycles. The Morgan fingerprint density at radius 3 is 2.31 bits per heavy atom. The zero-order valence-corrected chi connectivity index (χ0v) is 7.90. The van der Waals surface area contributed by atoms with Crippen molar-refractivity contribution >= 4 is 0 Å². The Hall–Kier alpha value is -0.290. The van der Waals surface area contributed by atoms with Gasteiger partial charge >= 0.3 is 6.18 Å². The summed E-state index contributed by atoms with van der Waals surface area (Å²) in [5, 5.41) is 2.78. The topological polar surface area (TPSA) is 21.3 Å². The highest BCUT2D eigenvalue weighted by atomic mass is 19.4. The van der Waals surface area contributed by atoms with Gasteiger partial charge in [-0.15, -0.1) is 0 Å². The maximum atomic E-state index is 12.2. The lowest BCUT2D eigenvalue weighted by atomic mass is 9.97. The monoisotopic (exact) mass is 197 g/mol. The Morgan fingerprint density at radius 2 is 1.92 bits per heavy atom. The second-order valence-corrected chi connectivity index (χ2v) is 3.88. The van der Waals surface area contributed by atoms with Crippen LogP contribution in [0.2, 0.25) is 0 Å². The van der Waals surface area contributed by atoms with Crippen LogP contribution in [0.1, 0.15) is 20.8 Å². The molecule has 78 valence electrons. The third-order valence-corrected chi connectivity index (χ3v) is 2.46. The van der Waals surface area contributed by atoms with Gasteiger partial charge in [0.05, 0.1) is 5.60 Å². The van der Waals surface area contributed by atoms with E-state index in [-0.39, 0.29) is 12.6 Å². The molecule has 0 amide bonds. The normalized spacial score (nSPS) is 34.6. The molecule has 1 aliphatic rings. The zero-order valence-electron chi connectivity index (χ0n) is 7.90. The molecule has 1 rings (SSSR count). The van der Waals surface area contributed by atoms with Crippen molar-refractivity contribution in [2.45, 2.75) is 44.7 Å². The molecule has 0 aromatic carbocycles. The van der Waals surface area contributed by atoms with Crippen molar-refractivity contribution in [2.24, 2.45) is 0 Å². The van der Waals surface area contributed by atoms with Crippen LogP contribution in [-0.2, 0) is 4.74 Å². The van der Waals surface area contributed by atoms with Crippen molar-refractivity contribution in [3.05, 3.63) is 0 Å². The summed E-state index contributed by atoms with van der Waals surface area (Å²) < 4.78 is 41.7. The van der Waals surface area contributed by atoms with Crippen LogP contribution in [0.4, 0.5) is 13.2 Å². The molecule has 0 aliphatic carbocycles. The Kier molecular flexibility index (Phi) is 2.60. The Balaban J connectivity index is 2.66. The average molecular weight is 197 g/mol. The van der Waals surface area contributed by atoms with Crippen LogP contribution in [0.5, 0.6) is 0 Å². The van der Waals surface area contributed by atoms with Gasteiger partial charge in [0, 0.05) is 12.6 Å². The standard InChI is InChI=1S/C8H14F3NO/c1-5-7(2,3)13-6(4-12-5)8(9,10)11/h5-6,12H,4H2,1-3H3. The van der Waals surface area contributed by atoms with Gasteiger partial charge in [0.15, 0.2) is 6.10 Å². The third-order valence-electron chi connectivity index (χ3n) is 2.46. The first-order chi connectivity index (χ1) is 5.73. The minimum absolute atomic E-state index is 0.0638. The number of hydrogen-bond donors (Lipinski definition) is 1. The minimum atomic E-state index is -4.27. The van der Waals surface area contributed by atoms with E-state index < -0.39 is 17.9 Å². The number of morpholine rings is 1. The second kappa shape index (κ2) is 3.13. The van der Waals surface area contributed by atoms with E-state index in [4.69, 9.17) is 4.74 Å². The van der Waals surface area contributed by atoms with Gasteiger partial charge in [-0.1, -0.05) is 0 Å². The number of rotatable bonds is 0. The van der Waals surface area contributed by atoms with E-state index in [0.29, 0.717) is 0 Å². The van der Waals surface area contributed by atoms with E-state index in [1.165, 1.54) is 0 Å². The number of halogens is 3. The summed E-state index contributed by atoms with van der Waals surface area (Å²) in [6.45, 7) is 4.96. The lowest BCUT2D eigenvalue weighted by Crippen LogP contribution is -2.60. The fourth-order valence-corrected chi connectivity index (χ4v) is 1.22. The highest BCUT2D eigenvalue weighted by Crippen LogP contribution is 2.30. The fourth-order valence-electron chi connectivity index (χ4n) is 1.22. The SMILES string of the molecule is CC1NCC(C(F)(F)F)OC1(C)C. The Bertz CT molecular complexity index is 190. The molecule has 0 aromatic heterocycles. The molecule has 0 saturated carbocycles. The molecule has 13 heavy (non-hydrogen) atoms. The van der Waals surface area contributed by atoms with Gasteiger partial charge < -0.3 is 10.1 Å². The van der Waals surface area contributed by atoms with Gasteiger partial charge in [-0.3, -0.25) is 0 Å². The minimum Gasteiger partial charge on any atom is -0.360 e. The number of alkyl halides is 3. The predicted molar refractivity (Wildman–Crippen MR) is 42.5 cm³/mol. The van der Waals surface area contributed by atoms with Crippen molar-refractivity contribution in [1.29, 1.82) is 0 Å². The highest BCUT2D eigenvalue weighted by Gasteiger charge is 2.47. The van der Waals surface area contributed by atoms with Crippen LogP contribution in [0.25, 0.3) is 0 Å². The summed E-state index contributed by atoms with van der Waals surface area (Å²) in [6, 6.07) is -0.0638. The highest BCUT2D eigenvalue weighted by molar-refractivity contribution is 4.90. The largest absolute Gasteiger partial charge is 0.415 e. The molecular formula is C8H14F3NO. The maximum absolute atomic E-state index is 12.2. The lowest BCUT2D eigenvalue weighted by Gasteiger charge is -2.42. The van der Waals surface area contributed by atoms with Crippen LogP contribution in [0, 0.1) is 0 Å². The van der Waals surface area contributed by atoms with E-state index in [1.54, 1.807) is 13.8 Å². The second-order valence-electron chi connectivity index (χ2n) is 3.88. The van der Waals surface area contributed by atoms with Crippen molar-refractivity contribution < 1.29 is 17.9 Å². The van der Waals surface area contributed by atoms with Crippen LogP contribution < -0.4 is 5.32 Å². The Labute approximate surface area is 75.4 Å². The van der Waals surface area contributed by atoms with Crippen molar-refractivity contribution in [3.63, 3.8) is 0 Å². The molecule has 0 spiro atoms. The molecule has 1 fully saturated rings. The molecular weight excluding hydrogens is 183 g/mol. The predicted octanol–water partition coefficient (Wildman–Crippen LogP) is 1.70. The molecule has 1 aliphatic heterocycles. The summed E-state index contributed by atoms with van der Waals surface area (Å²) >= 11 is 0. The quantitative estimate of drug-likeness (QED) is 0.638. The van der Waals surface area contributed by atoms with E-state index in [2.05, 4.69) is 5.32 Å². The van der Waals surface area contributed by atoms with Gasteiger partial charge in [-0.05, 0) is 20.8 Å². The first kappa shape index (κ1) is 10.8. The maximum Gasteiger partial charge on any atom is 0.415 e. The van der Waals surface area contributed by atoms with Crippen LogP contribution >= 0.6 is 0 Å². The molecule has 0 bridgehead atoms. The van der Waals surface area contributed by atoms with Gasteiger partial charge in [0.25, 0.3) is 0 Å². The number of nitrogens with one attached hydrogen (secondary N) is 1. The lowest BCUT2D eigenvalue weighted by molar-refractivity contribution is -0.263. The summed E-state index contributed by atoms with van der Waals surface area (Å²) in [5.41, 5.74) is -0.765. The molecule has 1 N–H and O–H groups in total. The van der Waals surface area contributed by atoms with Gasteiger partial charge in [-0.25, -0.2) is 0 Å². The van der Waals surface area contributed by atoms with Crippen LogP contribution in [0.3, 0.4) is 0 Å². The Morgan fingerprint density at radius 1 is 1.38 bits per heavy atom. The van der Waals surface area contributed by atoms with Crippen LogP contribution in [-0.4, -0.2) is 30.5 Å². The summed E-state index contributed by atoms with van der Waals surface area (Å²) in [5.74, 6) is 0. The molecule has 5 heteroatoms. The van der Waals surface area contributed by atoms with Gasteiger partial charge in [0.2, 0.25) is 0 Å². The van der Waals surface area contributed by atoms with E-state index in [0.717, 1.165) is 0 Å². The van der Waals surface area contributed by atoms with E-state index >= 15 is 0 Å². The fraction of sp³-hybridized carbons (Fsp3) is 1.00. The smallest absolute Gasteiger partial charge is 0.360 e. The van der Waals surface area contributed by atoms with Crippen molar-refractivity contribution in [1.82, 2.24) is 5.32 Å².